The largest absolute Gasteiger partial charge is 0.477 e. The van der Waals surface area contributed by atoms with E-state index in [1.807, 2.05) is 42.6 Å². The molecule has 0 aromatic heterocycles. The van der Waals surface area contributed by atoms with Crippen LogP contribution in [0.3, 0.4) is 0 Å². The molecular weight excluding hydrogens is 246 g/mol. The van der Waals surface area contributed by atoms with Crippen molar-refractivity contribution in [2.45, 2.75) is 0 Å². The minimum atomic E-state index is -0.899. The lowest BCUT2D eigenvalue weighted by atomic mass is 10.2. The minimum absolute atomic E-state index is 0.308. The van der Waals surface area contributed by atoms with Crippen molar-refractivity contribution in [3.8, 4) is 0 Å². The van der Waals surface area contributed by atoms with Crippen molar-refractivity contribution < 1.29 is 9.90 Å². The van der Waals surface area contributed by atoms with E-state index < -0.39 is 5.97 Å². The number of carboxylic acids is 1. The van der Waals surface area contributed by atoms with Crippen molar-refractivity contribution in [3.63, 3.8) is 0 Å². The van der Waals surface area contributed by atoms with E-state index in [0.717, 1.165) is 21.9 Å². The van der Waals surface area contributed by atoms with E-state index in [2.05, 4.69) is 0 Å². The number of nitrogens with zero attached hydrogens (tertiary/aromatic N) is 1. The predicted octanol–water partition coefficient (Wildman–Crippen LogP) is 1.08. The molecule has 0 atom stereocenters. The lowest BCUT2D eigenvalue weighted by Gasteiger charge is -2.26. The maximum absolute atomic E-state index is 11.3. The molecule has 0 saturated carbocycles. The summed E-state index contributed by atoms with van der Waals surface area (Å²) in [6.07, 6.45) is 5.71. The van der Waals surface area contributed by atoms with Gasteiger partial charge in [0, 0.05) is 28.3 Å². The fraction of sp³-hybridized carbons (Fsp3) is 0.0714. The number of allylic oxidation sites excluding steroid dienone is 1. The second kappa shape index (κ2) is 4.38. The van der Waals surface area contributed by atoms with Gasteiger partial charge < -0.3 is 10.0 Å². The number of hydrogen-bond donors (Lipinski definition) is 1. The highest BCUT2D eigenvalue weighted by Crippen LogP contribution is 2.27. The summed E-state index contributed by atoms with van der Waals surface area (Å²) in [5.74, 6) is -0.116. The number of carboxylic acid groups (broad SMARTS) is 1. The molecule has 0 fully saturated rings. The SMILES string of the molecule is O=C(O)C1=CSCC2=c3ccccc3=CC=CN12. The summed E-state index contributed by atoms with van der Waals surface area (Å²) in [5, 5.41) is 13.2. The summed E-state index contributed by atoms with van der Waals surface area (Å²) in [7, 11) is 0. The van der Waals surface area contributed by atoms with Gasteiger partial charge in [-0.3, -0.25) is 0 Å². The molecule has 4 heteroatoms. The zero-order chi connectivity index (χ0) is 12.5. The third-order valence-corrected chi connectivity index (χ3v) is 3.80. The topological polar surface area (TPSA) is 40.5 Å². The molecule has 0 bridgehead atoms. The number of aliphatic carboxylic acids is 1. The van der Waals surface area contributed by atoms with E-state index in [0.29, 0.717) is 5.70 Å². The molecule has 90 valence electrons. The third kappa shape index (κ3) is 1.75. The Morgan fingerprint density at radius 1 is 1.33 bits per heavy atom. The van der Waals surface area contributed by atoms with E-state index in [4.69, 9.17) is 0 Å². The van der Waals surface area contributed by atoms with Gasteiger partial charge in [-0.2, -0.15) is 0 Å². The first-order chi connectivity index (χ1) is 8.77. The van der Waals surface area contributed by atoms with Crippen molar-refractivity contribution in [2.75, 3.05) is 5.75 Å². The maximum Gasteiger partial charge on any atom is 0.353 e. The molecule has 2 heterocycles. The Morgan fingerprint density at radius 2 is 2.17 bits per heavy atom. The molecule has 18 heavy (non-hydrogen) atoms. The number of carbonyl (C=O) groups is 1. The molecule has 0 saturated heterocycles. The van der Waals surface area contributed by atoms with Crippen molar-refractivity contribution in [2.24, 2.45) is 0 Å². The van der Waals surface area contributed by atoms with Gasteiger partial charge in [-0.05, 0) is 11.3 Å². The van der Waals surface area contributed by atoms with Crippen molar-refractivity contribution in [1.82, 2.24) is 4.90 Å². The number of benzene rings is 1. The highest BCUT2D eigenvalue weighted by atomic mass is 32.2. The summed E-state index contributed by atoms with van der Waals surface area (Å²) in [5.41, 5.74) is 1.34. The summed E-state index contributed by atoms with van der Waals surface area (Å²) in [6, 6.07) is 8.04. The monoisotopic (exact) mass is 257 g/mol. The molecule has 2 aliphatic rings. The van der Waals surface area contributed by atoms with E-state index >= 15 is 0 Å². The van der Waals surface area contributed by atoms with E-state index in [9.17, 15) is 9.90 Å². The molecule has 0 spiro atoms. The molecule has 1 aromatic rings. The van der Waals surface area contributed by atoms with Crippen LogP contribution >= 0.6 is 11.8 Å². The van der Waals surface area contributed by atoms with Gasteiger partial charge in [-0.1, -0.05) is 30.3 Å². The Balaban J connectivity index is 2.29. The average Bonchev–Trinajstić information content (AvgIpc) is 2.57. The van der Waals surface area contributed by atoms with Gasteiger partial charge in [0.1, 0.15) is 5.70 Å². The number of hydrogen-bond acceptors (Lipinski definition) is 3. The first-order valence-electron chi connectivity index (χ1n) is 5.58. The highest BCUT2D eigenvalue weighted by Gasteiger charge is 2.23. The van der Waals surface area contributed by atoms with Crippen LogP contribution in [0.15, 0.2) is 47.6 Å². The number of fused-ring (bicyclic) bond motifs is 2. The Kier molecular flexibility index (Phi) is 2.72. The lowest BCUT2D eigenvalue weighted by molar-refractivity contribution is -0.133. The molecule has 0 unspecified atom stereocenters. The molecule has 1 N–H and O–H groups in total. The predicted molar refractivity (Wildman–Crippen MR) is 72.7 cm³/mol. The number of rotatable bonds is 1. The Hall–Kier alpha value is -1.94. The Morgan fingerprint density at radius 3 is 3.00 bits per heavy atom. The van der Waals surface area contributed by atoms with Crippen LogP contribution in [0.4, 0.5) is 0 Å². The van der Waals surface area contributed by atoms with Gasteiger partial charge in [-0.15, -0.1) is 11.8 Å². The molecule has 2 aliphatic heterocycles. The average molecular weight is 257 g/mol. The molecule has 1 aromatic carbocycles. The van der Waals surface area contributed by atoms with Gasteiger partial charge >= 0.3 is 5.97 Å². The van der Waals surface area contributed by atoms with Gasteiger partial charge in [0.15, 0.2) is 0 Å². The molecule has 0 amide bonds. The quantitative estimate of drug-likeness (QED) is 0.817. The van der Waals surface area contributed by atoms with Crippen LogP contribution < -0.4 is 10.4 Å². The maximum atomic E-state index is 11.3. The van der Waals surface area contributed by atoms with Crippen molar-refractivity contribution in [3.05, 3.63) is 58.1 Å². The normalized spacial score (nSPS) is 17.2. The third-order valence-electron chi connectivity index (χ3n) is 2.97. The molecule has 3 rings (SSSR count). The molecule has 0 radical (unpaired) electrons. The molecule has 3 nitrogen and oxygen atoms in total. The standard InChI is InChI=1S/C14H11NO2S/c16-14(17)13-9-18-8-12-11-6-2-1-4-10(11)5-3-7-15(12)13/h1-7,9H,8H2,(H,16,17). The van der Waals surface area contributed by atoms with Crippen LogP contribution in [-0.2, 0) is 4.79 Å². The van der Waals surface area contributed by atoms with E-state index in [1.54, 1.807) is 10.3 Å². The fourth-order valence-corrected chi connectivity index (χ4v) is 3.05. The summed E-state index contributed by atoms with van der Waals surface area (Å²) < 4.78 is 0. The second-order valence-electron chi connectivity index (χ2n) is 4.03. The zero-order valence-corrected chi connectivity index (χ0v) is 10.4. The highest BCUT2D eigenvalue weighted by molar-refractivity contribution is 8.02. The van der Waals surface area contributed by atoms with Gasteiger partial charge in [-0.25, -0.2) is 4.79 Å². The van der Waals surface area contributed by atoms with Gasteiger partial charge in [0.25, 0.3) is 0 Å². The van der Waals surface area contributed by atoms with Crippen LogP contribution in [0, 0.1) is 0 Å². The van der Waals surface area contributed by atoms with Crippen LogP contribution in [0.25, 0.3) is 11.8 Å². The van der Waals surface area contributed by atoms with Gasteiger partial charge in [0.2, 0.25) is 0 Å². The van der Waals surface area contributed by atoms with Crippen LogP contribution in [-0.4, -0.2) is 21.7 Å². The van der Waals surface area contributed by atoms with Crippen LogP contribution in [0.2, 0.25) is 0 Å². The first kappa shape index (κ1) is 11.2. The number of thioether (sulfide) groups is 1. The van der Waals surface area contributed by atoms with Crippen LogP contribution in [0.5, 0.6) is 0 Å². The second-order valence-corrected chi connectivity index (χ2v) is 4.89. The fourth-order valence-electron chi connectivity index (χ4n) is 2.14. The zero-order valence-electron chi connectivity index (χ0n) is 9.54. The molecule has 0 aliphatic carbocycles. The smallest absolute Gasteiger partial charge is 0.353 e. The van der Waals surface area contributed by atoms with E-state index in [-0.39, 0.29) is 0 Å². The summed E-state index contributed by atoms with van der Waals surface area (Å²) in [6.45, 7) is 0. The van der Waals surface area contributed by atoms with Crippen molar-refractivity contribution >= 4 is 29.5 Å². The summed E-state index contributed by atoms with van der Waals surface area (Å²) >= 11 is 1.52. The first-order valence-corrected chi connectivity index (χ1v) is 6.63. The Labute approximate surface area is 108 Å². The summed E-state index contributed by atoms with van der Waals surface area (Å²) in [4.78, 5) is 13.0. The van der Waals surface area contributed by atoms with E-state index in [1.165, 1.54) is 11.8 Å². The van der Waals surface area contributed by atoms with Crippen LogP contribution in [0.1, 0.15) is 0 Å². The minimum Gasteiger partial charge on any atom is -0.477 e. The van der Waals surface area contributed by atoms with Crippen molar-refractivity contribution in [1.29, 1.82) is 0 Å². The Bertz CT molecular complexity index is 688. The van der Waals surface area contributed by atoms with Gasteiger partial charge in [0.05, 0.1) is 0 Å². The lowest BCUT2D eigenvalue weighted by Crippen LogP contribution is -2.34. The molecular formula is C14H11NO2S.